The lowest BCUT2D eigenvalue weighted by atomic mass is 9.77. The zero-order valence-electron chi connectivity index (χ0n) is 7.88. The van der Waals surface area contributed by atoms with Gasteiger partial charge in [0.05, 0.1) is 0 Å². The number of rotatable bonds is 6. The molecule has 0 saturated heterocycles. The number of hydrogen-bond acceptors (Lipinski definition) is 2. The second-order valence-electron chi connectivity index (χ2n) is 2.99. The molecule has 0 atom stereocenters. The molecule has 0 rings (SSSR count). The highest BCUT2D eigenvalue weighted by Gasteiger charge is 2.38. The molecule has 3 nitrogen and oxygen atoms in total. The first kappa shape index (κ1) is 11.6. The number of hydrogen-bond donors (Lipinski definition) is 1. The number of ketones is 1. The maximum atomic E-state index is 11.3. The van der Waals surface area contributed by atoms with Gasteiger partial charge in [-0.15, -0.1) is 13.2 Å². The normalized spacial score (nSPS) is 10.5. The number of amides is 1. The van der Waals surface area contributed by atoms with E-state index in [2.05, 4.69) is 13.2 Å². The molecule has 0 unspecified atom stereocenters. The zero-order chi connectivity index (χ0) is 10.5. The molecule has 0 heterocycles. The molecule has 0 fully saturated rings. The number of carbonyl (C=O) groups excluding carboxylic acids is 2. The Morgan fingerprint density at radius 1 is 1.31 bits per heavy atom. The van der Waals surface area contributed by atoms with E-state index in [1.807, 2.05) is 0 Å². The Labute approximate surface area is 78.3 Å². The Hall–Kier alpha value is -1.38. The van der Waals surface area contributed by atoms with E-state index < -0.39 is 11.3 Å². The molecule has 0 aliphatic rings. The van der Waals surface area contributed by atoms with Crippen LogP contribution in [0.15, 0.2) is 25.3 Å². The summed E-state index contributed by atoms with van der Waals surface area (Å²) in [5.41, 5.74) is 4.05. The van der Waals surface area contributed by atoms with Gasteiger partial charge in [-0.1, -0.05) is 12.2 Å². The van der Waals surface area contributed by atoms with E-state index in [1.165, 1.54) is 19.1 Å². The van der Waals surface area contributed by atoms with Crippen molar-refractivity contribution in [3.05, 3.63) is 25.3 Å². The largest absolute Gasteiger partial charge is 0.369 e. The van der Waals surface area contributed by atoms with Crippen molar-refractivity contribution in [2.24, 2.45) is 11.1 Å². The maximum absolute atomic E-state index is 11.3. The van der Waals surface area contributed by atoms with Crippen LogP contribution in [0.1, 0.15) is 19.8 Å². The van der Waals surface area contributed by atoms with E-state index in [4.69, 9.17) is 5.73 Å². The Morgan fingerprint density at radius 3 is 1.85 bits per heavy atom. The summed E-state index contributed by atoms with van der Waals surface area (Å²) in [6, 6.07) is 0. The van der Waals surface area contributed by atoms with Gasteiger partial charge in [-0.3, -0.25) is 9.59 Å². The van der Waals surface area contributed by atoms with Crippen molar-refractivity contribution in [3.63, 3.8) is 0 Å². The van der Waals surface area contributed by atoms with Crippen molar-refractivity contribution >= 4 is 11.7 Å². The SMILES string of the molecule is C=CCC(CC=C)(C(C)=O)C(N)=O. The van der Waals surface area contributed by atoms with Crippen molar-refractivity contribution in [2.75, 3.05) is 0 Å². The van der Waals surface area contributed by atoms with Crippen molar-refractivity contribution < 1.29 is 9.59 Å². The fourth-order valence-electron chi connectivity index (χ4n) is 1.24. The number of carbonyl (C=O) groups is 2. The summed E-state index contributed by atoms with van der Waals surface area (Å²) < 4.78 is 0. The van der Waals surface area contributed by atoms with E-state index in [1.54, 1.807) is 0 Å². The summed E-state index contributed by atoms with van der Waals surface area (Å²) in [4.78, 5) is 22.4. The van der Waals surface area contributed by atoms with Crippen LogP contribution in [0.25, 0.3) is 0 Å². The van der Waals surface area contributed by atoms with Crippen molar-refractivity contribution in [3.8, 4) is 0 Å². The highest BCUT2D eigenvalue weighted by atomic mass is 16.2. The van der Waals surface area contributed by atoms with E-state index in [-0.39, 0.29) is 18.6 Å². The van der Waals surface area contributed by atoms with Crippen LogP contribution in [0.4, 0.5) is 0 Å². The smallest absolute Gasteiger partial charge is 0.231 e. The first-order chi connectivity index (χ1) is 6.01. The number of Topliss-reactive ketones (excluding diaryl/α,β-unsaturated/α-hetero) is 1. The standard InChI is InChI=1S/C10H15NO2/c1-4-6-10(7-5-2,8(3)12)9(11)13/h4-5H,1-2,6-7H2,3H3,(H2,11,13). The summed E-state index contributed by atoms with van der Waals surface area (Å²) in [6.45, 7) is 8.36. The number of primary amides is 1. The Kier molecular flexibility index (Phi) is 4.11. The van der Waals surface area contributed by atoms with Gasteiger partial charge < -0.3 is 5.73 Å². The van der Waals surface area contributed by atoms with E-state index in [9.17, 15) is 9.59 Å². The van der Waals surface area contributed by atoms with Crippen LogP contribution >= 0.6 is 0 Å². The third kappa shape index (κ3) is 2.28. The number of allylic oxidation sites excluding steroid dienone is 2. The highest BCUT2D eigenvalue weighted by Crippen LogP contribution is 2.28. The molecule has 13 heavy (non-hydrogen) atoms. The van der Waals surface area contributed by atoms with Crippen LogP contribution in [0.3, 0.4) is 0 Å². The molecule has 3 heteroatoms. The second kappa shape index (κ2) is 4.60. The van der Waals surface area contributed by atoms with E-state index in [0.29, 0.717) is 0 Å². The minimum Gasteiger partial charge on any atom is -0.369 e. The molecular formula is C10H15NO2. The fourth-order valence-corrected chi connectivity index (χ4v) is 1.24. The average Bonchev–Trinajstić information content (AvgIpc) is 2.03. The van der Waals surface area contributed by atoms with Crippen molar-refractivity contribution in [1.82, 2.24) is 0 Å². The molecule has 0 radical (unpaired) electrons. The lowest BCUT2D eigenvalue weighted by molar-refractivity contribution is -0.138. The van der Waals surface area contributed by atoms with Crippen molar-refractivity contribution in [2.45, 2.75) is 19.8 Å². The van der Waals surface area contributed by atoms with Gasteiger partial charge in [0.15, 0.2) is 0 Å². The zero-order valence-corrected chi connectivity index (χ0v) is 7.88. The van der Waals surface area contributed by atoms with Gasteiger partial charge in [-0.2, -0.15) is 0 Å². The topological polar surface area (TPSA) is 60.2 Å². The average molecular weight is 181 g/mol. The van der Waals surface area contributed by atoms with Crippen LogP contribution < -0.4 is 5.73 Å². The van der Waals surface area contributed by atoms with Crippen LogP contribution in [0.2, 0.25) is 0 Å². The van der Waals surface area contributed by atoms with E-state index in [0.717, 1.165) is 0 Å². The van der Waals surface area contributed by atoms with Gasteiger partial charge in [0.25, 0.3) is 0 Å². The summed E-state index contributed by atoms with van der Waals surface area (Å²) in [5, 5.41) is 0. The summed E-state index contributed by atoms with van der Waals surface area (Å²) >= 11 is 0. The molecule has 1 amide bonds. The summed E-state index contributed by atoms with van der Waals surface area (Å²) in [7, 11) is 0. The van der Waals surface area contributed by atoms with Crippen LogP contribution in [0.5, 0.6) is 0 Å². The molecular weight excluding hydrogens is 166 g/mol. The monoisotopic (exact) mass is 181 g/mol. The van der Waals surface area contributed by atoms with Gasteiger partial charge in [0, 0.05) is 0 Å². The van der Waals surface area contributed by atoms with Gasteiger partial charge in [0.1, 0.15) is 11.2 Å². The Bertz CT molecular complexity index is 217. The fraction of sp³-hybridized carbons (Fsp3) is 0.400. The molecule has 0 saturated carbocycles. The molecule has 0 aliphatic heterocycles. The van der Waals surface area contributed by atoms with Crippen LogP contribution in [-0.2, 0) is 9.59 Å². The maximum Gasteiger partial charge on any atom is 0.231 e. The van der Waals surface area contributed by atoms with Gasteiger partial charge in [-0.05, 0) is 19.8 Å². The minimum atomic E-state index is -1.14. The van der Waals surface area contributed by atoms with Crippen LogP contribution in [0, 0.1) is 5.41 Å². The quantitative estimate of drug-likeness (QED) is 0.494. The molecule has 0 bridgehead atoms. The lowest BCUT2D eigenvalue weighted by Crippen LogP contribution is -2.42. The predicted molar refractivity (Wildman–Crippen MR) is 51.9 cm³/mol. The second-order valence-corrected chi connectivity index (χ2v) is 2.99. The molecule has 0 aromatic carbocycles. The van der Waals surface area contributed by atoms with E-state index >= 15 is 0 Å². The van der Waals surface area contributed by atoms with Gasteiger partial charge >= 0.3 is 0 Å². The third-order valence-electron chi connectivity index (χ3n) is 2.13. The third-order valence-corrected chi connectivity index (χ3v) is 2.13. The van der Waals surface area contributed by atoms with Crippen LogP contribution in [-0.4, -0.2) is 11.7 Å². The Balaban J connectivity index is 5.02. The van der Waals surface area contributed by atoms with Gasteiger partial charge in [0.2, 0.25) is 5.91 Å². The minimum absolute atomic E-state index is 0.236. The summed E-state index contributed by atoms with van der Waals surface area (Å²) in [6.07, 6.45) is 3.58. The Morgan fingerprint density at radius 2 is 1.69 bits per heavy atom. The molecule has 0 aromatic heterocycles. The molecule has 72 valence electrons. The first-order valence-corrected chi connectivity index (χ1v) is 4.04. The lowest BCUT2D eigenvalue weighted by Gasteiger charge is -2.24. The molecule has 0 spiro atoms. The predicted octanol–water partition coefficient (Wildman–Crippen LogP) is 1.20. The first-order valence-electron chi connectivity index (χ1n) is 4.04. The molecule has 0 aromatic rings. The molecule has 0 aliphatic carbocycles. The van der Waals surface area contributed by atoms with Gasteiger partial charge in [-0.25, -0.2) is 0 Å². The molecule has 2 N–H and O–H groups in total. The van der Waals surface area contributed by atoms with Crippen molar-refractivity contribution in [1.29, 1.82) is 0 Å². The summed E-state index contributed by atoms with van der Waals surface area (Å²) in [5.74, 6) is -0.848. The highest BCUT2D eigenvalue weighted by molar-refractivity contribution is 6.04. The number of nitrogens with two attached hydrogens (primary N) is 1.